The van der Waals surface area contributed by atoms with Crippen molar-refractivity contribution in [3.8, 4) is 0 Å². The van der Waals surface area contributed by atoms with E-state index in [4.69, 9.17) is 9.84 Å². The number of carboxylic acid groups (broad SMARTS) is 1. The van der Waals surface area contributed by atoms with E-state index in [9.17, 15) is 9.59 Å². The van der Waals surface area contributed by atoms with Crippen LogP contribution < -0.4 is 0 Å². The predicted octanol–water partition coefficient (Wildman–Crippen LogP) is 2.67. The van der Waals surface area contributed by atoms with Crippen LogP contribution in [0.1, 0.15) is 31.9 Å². The Bertz CT molecular complexity index is 515. The fraction of sp³-hybridized carbons (Fsp3) is 0.333. The summed E-state index contributed by atoms with van der Waals surface area (Å²) in [7, 11) is 0. The number of ether oxygens (including phenoxy) is 1. The molecular weight excluding hydrogens is 244 g/mol. The summed E-state index contributed by atoms with van der Waals surface area (Å²) in [5.41, 5.74) is 2.48. The van der Waals surface area contributed by atoms with Crippen LogP contribution in [0.25, 0.3) is 5.57 Å². The molecule has 1 aromatic rings. The number of esters is 1. The second-order valence-electron chi connectivity index (χ2n) is 4.19. The van der Waals surface area contributed by atoms with E-state index in [1.807, 2.05) is 24.3 Å². The first-order chi connectivity index (χ1) is 8.97. The molecule has 0 radical (unpaired) electrons. The van der Waals surface area contributed by atoms with Gasteiger partial charge in [0.15, 0.2) is 0 Å². The Labute approximate surface area is 112 Å². The van der Waals surface area contributed by atoms with Gasteiger partial charge in [-0.05, 0) is 37.5 Å². The number of benzene rings is 1. The minimum absolute atomic E-state index is 0.147. The molecule has 0 atom stereocenters. The van der Waals surface area contributed by atoms with E-state index in [1.165, 1.54) is 0 Å². The van der Waals surface area contributed by atoms with Gasteiger partial charge in [0.1, 0.15) is 0 Å². The van der Waals surface area contributed by atoms with E-state index in [2.05, 4.69) is 0 Å². The van der Waals surface area contributed by atoms with E-state index in [0.29, 0.717) is 12.2 Å². The Balaban J connectivity index is 3.13. The Morgan fingerprint density at radius 1 is 1.21 bits per heavy atom. The van der Waals surface area contributed by atoms with Crippen molar-refractivity contribution >= 4 is 17.5 Å². The van der Waals surface area contributed by atoms with Crippen LogP contribution in [-0.4, -0.2) is 23.7 Å². The standard InChI is InChI=1S/C15H18O4/c1-4-19-14(16)9-12-7-5-6-8-13(12)10(2)11(3)15(17)18/h5-8H,4,9H2,1-3H3,(H,17,18)/b11-10+. The lowest BCUT2D eigenvalue weighted by atomic mass is 9.95. The molecule has 1 N–H and O–H groups in total. The van der Waals surface area contributed by atoms with E-state index in [0.717, 1.165) is 11.1 Å². The quantitative estimate of drug-likeness (QED) is 0.654. The molecule has 0 saturated heterocycles. The summed E-state index contributed by atoms with van der Waals surface area (Å²) in [6, 6.07) is 7.27. The first kappa shape index (κ1) is 15.0. The average molecular weight is 262 g/mol. The third-order valence-corrected chi connectivity index (χ3v) is 2.94. The van der Waals surface area contributed by atoms with Gasteiger partial charge >= 0.3 is 11.9 Å². The largest absolute Gasteiger partial charge is 0.478 e. The molecule has 0 aliphatic carbocycles. The Hall–Kier alpha value is -2.10. The Morgan fingerprint density at radius 2 is 1.84 bits per heavy atom. The summed E-state index contributed by atoms with van der Waals surface area (Å²) in [5.74, 6) is -1.26. The molecule has 102 valence electrons. The van der Waals surface area contributed by atoms with Crippen LogP contribution in [0.5, 0.6) is 0 Å². The maximum absolute atomic E-state index is 11.5. The smallest absolute Gasteiger partial charge is 0.331 e. The summed E-state index contributed by atoms with van der Waals surface area (Å²) in [4.78, 5) is 22.5. The van der Waals surface area contributed by atoms with Crippen LogP contribution in [0.15, 0.2) is 29.8 Å². The molecule has 4 nitrogen and oxygen atoms in total. The summed E-state index contributed by atoms with van der Waals surface area (Å²) in [5, 5.41) is 9.02. The lowest BCUT2D eigenvalue weighted by Crippen LogP contribution is -2.09. The van der Waals surface area contributed by atoms with Crippen molar-refractivity contribution in [3.05, 3.63) is 41.0 Å². The van der Waals surface area contributed by atoms with Gasteiger partial charge in [-0.2, -0.15) is 0 Å². The van der Waals surface area contributed by atoms with E-state index in [1.54, 1.807) is 20.8 Å². The SMILES string of the molecule is CCOC(=O)Cc1ccccc1/C(C)=C(\C)C(=O)O. The molecule has 0 fully saturated rings. The van der Waals surface area contributed by atoms with Crippen LogP contribution in [0.2, 0.25) is 0 Å². The number of hydrogen-bond acceptors (Lipinski definition) is 3. The summed E-state index contributed by atoms with van der Waals surface area (Å²) in [6.45, 7) is 5.39. The van der Waals surface area contributed by atoms with Crippen molar-refractivity contribution in [2.45, 2.75) is 27.2 Å². The third-order valence-electron chi connectivity index (χ3n) is 2.94. The van der Waals surface area contributed by atoms with Crippen LogP contribution in [-0.2, 0) is 20.7 Å². The minimum Gasteiger partial charge on any atom is -0.478 e. The highest BCUT2D eigenvalue weighted by Gasteiger charge is 2.13. The van der Waals surface area contributed by atoms with Crippen LogP contribution >= 0.6 is 0 Å². The van der Waals surface area contributed by atoms with Crippen LogP contribution in [0.4, 0.5) is 0 Å². The van der Waals surface area contributed by atoms with Crippen molar-refractivity contribution < 1.29 is 19.4 Å². The van der Waals surface area contributed by atoms with Crippen molar-refractivity contribution in [2.75, 3.05) is 6.61 Å². The van der Waals surface area contributed by atoms with Crippen LogP contribution in [0, 0.1) is 0 Å². The van der Waals surface area contributed by atoms with Gasteiger partial charge in [-0.25, -0.2) is 4.79 Å². The average Bonchev–Trinajstić information content (AvgIpc) is 2.37. The van der Waals surface area contributed by atoms with Gasteiger partial charge in [-0.3, -0.25) is 4.79 Å². The molecule has 0 bridgehead atoms. The third kappa shape index (κ3) is 3.95. The molecular formula is C15H18O4. The first-order valence-corrected chi connectivity index (χ1v) is 6.12. The number of carbonyl (C=O) groups excluding carboxylic acids is 1. The fourth-order valence-corrected chi connectivity index (χ4v) is 1.77. The zero-order chi connectivity index (χ0) is 14.4. The zero-order valence-corrected chi connectivity index (χ0v) is 11.4. The molecule has 19 heavy (non-hydrogen) atoms. The van der Waals surface area contributed by atoms with Gasteiger partial charge in [0.25, 0.3) is 0 Å². The number of allylic oxidation sites excluding steroid dienone is 1. The van der Waals surface area contributed by atoms with Crippen LogP contribution in [0.3, 0.4) is 0 Å². The molecule has 0 unspecified atom stereocenters. The Morgan fingerprint density at radius 3 is 2.42 bits per heavy atom. The maximum atomic E-state index is 11.5. The van der Waals surface area contributed by atoms with Crippen molar-refractivity contribution in [3.63, 3.8) is 0 Å². The van der Waals surface area contributed by atoms with Crippen molar-refractivity contribution in [1.29, 1.82) is 0 Å². The minimum atomic E-state index is -0.955. The summed E-state index contributed by atoms with van der Waals surface area (Å²) >= 11 is 0. The lowest BCUT2D eigenvalue weighted by molar-refractivity contribution is -0.142. The number of carboxylic acids is 1. The van der Waals surface area contributed by atoms with E-state index >= 15 is 0 Å². The van der Waals surface area contributed by atoms with E-state index in [-0.39, 0.29) is 18.0 Å². The highest BCUT2D eigenvalue weighted by atomic mass is 16.5. The number of rotatable bonds is 5. The molecule has 0 aliphatic rings. The van der Waals surface area contributed by atoms with Crippen molar-refractivity contribution in [2.24, 2.45) is 0 Å². The number of carbonyl (C=O) groups is 2. The lowest BCUT2D eigenvalue weighted by Gasteiger charge is -2.11. The molecule has 1 aromatic carbocycles. The fourth-order valence-electron chi connectivity index (χ4n) is 1.77. The number of aliphatic carboxylic acids is 1. The van der Waals surface area contributed by atoms with Gasteiger partial charge < -0.3 is 9.84 Å². The molecule has 0 saturated carbocycles. The Kier molecular flexibility index (Phi) is 5.30. The summed E-state index contributed by atoms with van der Waals surface area (Å²) < 4.78 is 4.92. The molecule has 1 rings (SSSR count). The monoisotopic (exact) mass is 262 g/mol. The maximum Gasteiger partial charge on any atom is 0.331 e. The highest BCUT2D eigenvalue weighted by Crippen LogP contribution is 2.23. The van der Waals surface area contributed by atoms with Crippen molar-refractivity contribution in [1.82, 2.24) is 0 Å². The molecule has 0 aromatic heterocycles. The number of hydrogen-bond donors (Lipinski definition) is 1. The molecule has 0 spiro atoms. The van der Waals surface area contributed by atoms with E-state index < -0.39 is 5.97 Å². The normalized spacial score (nSPS) is 11.7. The second-order valence-corrected chi connectivity index (χ2v) is 4.19. The predicted molar refractivity (Wildman–Crippen MR) is 72.7 cm³/mol. The summed E-state index contributed by atoms with van der Waals surface area (Å²) in [6.07, 6.45) is 0.147. The molecule has 0 aliphatic heterocycles. The van der Waals surface area contributed by atoms with Gasteiger partial charge in [0.05, 0.1) is 13.0 Å². The first-order valence-electron chi connectivity index (χ1n) is 6.12. The van der Waals surface area contributed by atoms with Gasteiger partial charge in [-0.15, -0.1) is 0 Å². The van der Waals surface area contributed by atoms with Gasteiger partial charge in [-0.1, -0.05) is 24.3 Å². The highest BCUT2D eigenvalue weighted by molar-refractivity contribution is 5.96. The molecule has 0 amide bonds. The molecule has 4 heteroatoms. The molecule has 0 heterocycles. The topological polar surface area (TPSA) is 63.6 Å². The second kappa shape index (κ2) is 6.73. The zero-order valence-electron chi connectivity index (χ0n) is 11.4. The van der Waals surface area contributed by atoms with Gasteiger partial charge in [0.2, 0.25) is 0 Å². The van der Waals surface area contributed by atoms with Gasteiger partial charge in [0, 0.05) is 5.57 Å².